The number of hydrogen-bond donors (Lipinski definition) is 3. The summed E-state index contributed by atoms with van der Waals surface area (Å²) in [6, 6.07) is 11.3. The van der Waals surface area contributed by atoms with Crippen LogP contribution in [-0.4, -0.2) is 25.5 Å². The van der Waals surface area contributed by atoms with Gasteiger partial charge in [-0.15, -0.1) is 0 Å². The molecule has 0 amide bonds. The zero-order valence-electron chi connectivity index (χ0n) is 18.1. The SMILES string of the molecule is C=Cc1ccc(Cc2cc(Cl)c(Cl)n2-c2c(C(=O)c3ccc(C=C)cc3O)[nH]c(Cl)c2Cl)c(O)c1. The molecule has 3 N–H and O–H groups in total. The molecule has 35 heavy (non-hydrogen) atoms. The van der Waals surface area contributed by atoms with Gasteiger partial charge in [-0.1, -0.05) is 89.9 Å². The first-order chi connectivity index (χ1) is 16.7. The fraction of sp³-hybridized carbons (Fsp3) is 0.0385. The summed E-state index contributed by atoms with van der Waals surface area (Å²) in [5.41, 5.74) is 2.73. The summed E-state index contributed by atoms with van der Waals surface area (Å²) in [7, 11) is 0. The molecule has 0 aliphatic rings. The maximum absolute atomic E-state index is 13.5. The molecule has 4 aromatic rings. The molecule has 0 bridgehead atoms. The van der Waals surface area contributed by atoms with Gasteiger partial charge < -0.3 is 15.2 Å². The number of phenolic OH excluding ortho intramolecular Hbond substituents is 2. The third-order valence-corrected chi connectivity index (χ3v) is 7.02. The van der Waals surface area contributed by atoms with Crippen molar-refractivity contribution >= 4 is 64.3 Å². The van der Waals surface area contributed by atoms with Crippen LogP contribution >= 0.6 is 46.4 Å². The zero-order valence-corrected chi connectivity index (χ0v) is 21.1. The predicted molar refractivity (Wildman–Crippen MR) is 143 cm³/mol. The Balaban J connectivity index is 1.87. The number of nitrogens with zero attached hydrogens (tertiary/aromatic N) is 1. The van der Waals surface area contributed by atoms with Gasteiger partial charge >= 0.3 is 0 Å². The third-order valence-electron chi connectivity index (χ3n) is 5.52. The Kier molecular flexibility index (Phi) is 7.06. The summed E-state index contributed by atoms with van der Waals surface area (Å²) in [5.74, 6) is -0.736. The molecule has 0 saturated carbocycles. The van der Waals surface area contributed by atoms with Gasteiger partial charge in [-0.25, -0.2) is 0 Å². The van der Waals surface area contributed by atoms with Gasteiger partial charge in [0.05, 0.1) is 16.3 Å². The first-order valence-corrected chi connectivity index (χ1v) is 11.7. The lowest BCUT2D eigenvalue weighted by Crippen LogP contribution is -2.10. The van der Waals surface area contributed by atoms with Crippen molar-refractivity contribution in [3.63, 3.8) is 0 Å². The second-order valence-corrected chi connectivity index (χ2v) is 9.19. The molecule has 9 heteroatoms. The Labute approximate surface area is 221 Å². The monoisotopic (exact) mass is 546 g/mol. The fourth-order valence-corrected chi connectivity index (χ4v) is 4.61. The van der Waals surface area contributed by atoms with Crippen LogP contribution in [0.15, 0.2) is 55.6 Å². The normalized spacial score (nSPS) is 11.0. The van der Waals surface area contributed by atoms with Crippen molar-refractivity contribution in [2.75, 3.05) is 0 Å². The van der Waals surface area contributed by atoms with Gasteiger partial charge in [-0.05, 0) is 41.0 Å². The number of aromatic amines is 1. The number of nitrogens with one attached hydrogen (secondary N) is 1. The molecule has 0 aliphatic carbocycles. The van der Waals surface area contributed by atoms with Crippen molar-refractivity contribution in [2.45, 2.75) is 6.42 Å². The molecule has 0 radical (unpaired) electrons. The molecule has 2 heterocycles. The van der Waals surface area contributed by atoms with Crippen molar-refractivity contribution in [3.05, 3.63) is 110 Å². The zero-order chi connectivity index (χ0) is 25.4. The highest BCUT2D eigenvalue weighted by Gasteiger charge is 2.28. The van der Waals surface area contributed by atoms with E-state index in [-0.39, 0.29) is 55.2 Å². The molecular weight excluding hydrogens is 530 g/mol. The molecule has 0 fully saturated rings. The Morgan fingerprint density at radius 2 is 1.57 bits per heavy atom. The van der Waals surface area contributed by atoms with Crippen molar-refractivity contribution in [3.8, 4) is 17.2 Å². The molecule has 0 aliphatic heterocycles. The average Bonchev–Trinajstić information content (AvgIpc) is 3.28. The van der Waals surface area contributed by atoms with Crippen molar-refractivity contribution < 1.29 is 15.0 Å². The van der Waals surface area contributed by atoms with E-state index >= 15 is 0 Å². The van der Waals surface area contributed by atoms with Crippen LogP contribution in [0.2, 0.25) is 20.4 Å². The van der Waals surface area contributed by atoms with Crippen molar-refractivity contribution in [1.29, 1.82) is 0 Å². The van der Waals surface area contributed by atoms with E-state index in [9.17, 15) is 15.0 Å². The summed E-state index contributed by atoms with van der Waals surface area (Å²) in [5, 5.41) is 21.3. The number of halogens is 4. The highest BCUT2D eigenvalue weighted by atomic mass is 35.5. The van der Waals surface area contributed by atoms with Gasteiger partial charge in [0.1, 0.15) is 32.5 Å². The molecule has 0 spiro atoms. The lowest BCUT2D eigenvalue weighted by Gasteiger charge is -2.14. The lowest BCUT2D eigenvalue weighted by molar-refractivity contribution is 0.103. The number of H-pyrrole nitrogens is 1. The van der Waals surface area contributed by atoms with Crippen LogP contribution in [0, 0.1) is 0 Å². The predicted octanol–water partition coefficient (Wildman–Crippen LogP) is 7.94. The van der Waals surface area contributed by atoms with Crippen LogP contribution < -0.4 is 0 Å². The first kappa shape index (κ1) is 25.0. The van der Waals surface area contributed by atoms with E-state index in [1.54, 1.807) is 36.4 Å². The Morgan fingerprint density at radius 1 is 0.943 bits per heavy atom. The quantitative estimate of drug-likeness (QED) is 0.205. The van der Waals surface area contributed by atoms with E-state index in [1.165, 1.54) is 16.7 Å². The maximum Gasteiger partial charge on any atom is 0.215 e. The van der Waals surface area contributed by atoms with Crippen molar-refractivity contribution in [1.82, 2.24) is 9.55 Å². The Hall–Kier alpha value is -3.09. The van der Waals surface area contributed by atoms with Gasteiger partial charge in [0, 0.05) is 12.1 Å². The number of aromatic nitrogens is 2. The van der Waals surface area contributed by atoms with Crippen LogP contribution in [0.1, 0.15) is 38.4 Å². The van der Waals surface area contributed by atoms with Crippen LogP contribution in [0.4, 0.5) is 0 Å². The number of hydrogen-bond acceptors (Lipinski definition) is 3. The molecule has 178 valence electrons. The van der Waals surface area contributed by atoms with Crippen LogP contribution in [0.25, 0.3) is 17.8 Å². The van der Waals surface area contributed by atoms with E-state index in [0.29, 0.717) is 16.8 Å². The van der Waals surface area contributed by atoms with Crippen LogP contribution in [-0.2, 0) is 6.42 Å². The largest absolute Gasteiger partial charge is 0.508 e. The smallest absolute Gasteiger partial charge is 0.215 e. The summed E-state index contributed by atoms with van der Waals surface area (Å²) in [6.45, 7) is 7.35. The second-order valence-electron chi connectivity index (χ2n) is 7.67. The third kappa shape index (κ3) is 4.60. The number of carbonyl (C=O) groups is 1. The fourth-order valence-electron chi connectivity index (χ4n) is 3.74. The molecule has 0 unspecified atom stereocenters. The molecule has 2 aromatic heterocycles. The minimum Gasteiger partial charge on any atom is -0.508 e. The van der Waals surface area contributed by atoms with E-state index in [1.807, 2.05) is 6.07 Å². The summed E-state index contributed by atoms with van der Waals surface area (Å²) < 4.78 is 1.50. The maximum atomic E-state index is 13.5. The topological polar surface area (TPSA) is 78.2 Å². The number of phenols is 2. The number of carbonyl (C=O) groups excluding carboxylic acids is 1. The van der Waals surface area contributed by atoms with E-state index in [2.05, 4.69) is 18.1 Å². The molecule has 5 nitrogen and oxygen atoms in total. The van der Waals surface area contributed by atoms with Gasteiger partial charge in [-0.2, -0.15) is 0 Å². The average molecular weight is 548 g/mol. The standard InChI is InChI=1S/C26H18Cl4N2O3/c1-3-13-5-7-15(19(33)9-13)11-16-12-18(27)26(30)32(16)23-21(28)25(29)31-22(23)24(35)17-8-6-14(4-2)10-20(17)34/h3-10,12,31,33-34H,1-2,11H2. The molecule has 0 atom stereocenters. The van der Waals surface area contributed by atoms with Crippen molar-refractivity contribution in [2.24, 2.45) is 0 Å². The molecule has 0 saturated heterocycles. The highest BCUT2D eigenvalue weighted by Crippen LogP contribution is 2.40. The van der Waals surface area contributed by atoms with E-state index in [4.69, 9.17) is 46.4 Å². The Morgan fingerprint density at radius 3 is 2.17 bits per heavy atom. The number of benzene rings is 2. The van der Waals surface area contributed by atoms with Gasteiger partial charge in [0.2, 0.25) is 5.78 Å². The van der Waals surface area contributed by atoms with Gasteiger partial charge in [0.15, 0.2) is 0 Å². The van der Waals surface area contributed by atoms with Gasteiger partial charge in [0.25, 0.3) is 0 Å². The first-order valence-electron chi connectivity index (χ1n) is 10.2. The molecule has 4 rings (SSSR count). The number of ketones is 1. The molecule has 2 aromatic carbocycles. The number of rotatable bonds is 7. The summed E-state index contributed by atoms with van der Waals surface area (Å²) in [4.78, 5) is 16.3. The second kappa shape index (κ2) is 9.88. The number of aromatic hydroxyl groups is 2. The Bertz CT molecular complexity index is 1500. The minimum atomic E-state index is -0.563. The minimum absolute atomic E-state index is 0.00305. The molecular formula is C26H18Cl4N2O3. The lowest BCUT2D eigenvalue weighted by atomic mass is 10.0. The van der Waals surface area contributed by atoms with Gasteiger partial charge in [-0.3, -0.25) is 9.36 Å². The summed E-state index contributed by atoms with van der Waals surface area (Å²) >= 11 is 25.7. The highest BCUT2D eigenvalue weighted by molar-refractivity contribution is 6.44. The van der Waals surface area contributed by atoms with Crippen LogP contribution in [0.5, 0.6) is 11.5 Å². The summed E-state index contributed by atoms with van der Waals surface area (Å²) in [6.07, 6.45) is 3.38. The van der Waals surface area contributed by atoms with Crippen LogP contribution in [0.3, 0.4) is 0 Å². The van der Waals surface area contributed by atoms with E-state index < -0.39 is 5.78 Å². The van der Waals surface area contributed by atoms with E-state index in [0.717, 1.165) is 5.56 Å².